The monoisotopic (exact) mass is 264 g/mol. The number of fused-ring (bicyclic) bond motifs is 2. The molecule has 0 aromatic carbocycles. The van der Waals surface area contributed by atoms with Crippen molar-refractivity contribution in [2.45, 2.75) is 71.4 Å². The van der Waals surface area contributed by atoms with Gasteiger partial charge in [0.05, 0.1) is 5.54 Å². The maximum atomic E-state index is 12.8. The van der Waals surface area contributed by atoms with E-state index in [1.165, 1.54) is 12.8 Å². The summed E-state index contributed by atoms with van der Waals surface area (Å²) < 4.78 is 0. The minimum absolute atomic E-state index is 0.210. The molecule has 3 heteroatoms. The maximum Gasteiger partial charge on any atom is 0.242 e. The second-order valence-corrected chi connectivity index (χ2v) is 8.70. The quantitative estimate of drug-likeness (QED) is 0.833. The Bertz CT molecular complexity index is 411. The van der Waals surface area contributed by atoms with Crippen molar-refractivity contribution in [1.82, 2.24) is 4.90 Å². The number of carbonyl (C=O) groups is 1. The fraction of sp³-hybridized carbons (Fsp3) is 0.938. The fourth-order valence-corrected chi connectivity index (χ4v) is 4.86. The van der Waals surface area contributed by atoms with Crippen LogP contribution in [0, 0.1) is 16.7 Å². The lowest BCUT2D eigenvalue weighted by Gasteiger charge is -2.40. The zero-order chi connectivity index (χ0) is 14.1. The van der Waals surface area contributed by atoms with Crippen LogP contribution in [-0.2, 0) is 4.79 Å². The zero-order valence-electron chi connectivity index (χ0n) is 12.8. The predicted octanol–water partition coefficient (Wildman–Crippen LogP) is 2.54. The third kappa shape index (κ3) is 2.20. The molecule has 0 aromatic rings. The lowest BCUT2D eigenvalue weighted by atomic mass is 9.65. The van der Waals surface area contributed by atoms with Gasteiger partial charge in [0, 0.05) is 12.6 Å². The number of hydrogen-bond donors (Lipinski definition) is 1. The van der Waals surface area contributed by atoms with Gasteiger partial charge in [0.25, 0.3) is 0 Å². The highest BCUT2D eigenvalue weighted by Crippen LogP contribution is 2.53. The molecule has 3 aliphatic rings. The third-order valence-corrected chi connectivity index (χ3v) is 5.56. The van der Waals surface area contributed by atoms with Crippen LogP contribution in [0.5, 0.6) is 0 Å². The number of likely N-dealkylation sites (tertiary alicyclic amines) is 1. The van der Waals surface area contributed by atoms with E-state index >= 15 is 0 Å². The molecule has 2 bridgehead atoms. The van der Waals surface area contributed by atoms with Gasteiger partial charge in [0.15, 0.2) is 0 Å². The molecule has 3 atom stereocenters. The van der Waals surface area contributed by atoms with Crippen molar-refractivity contribution >= 4 is 5.91 Å². The van der Waals surface area contributed by atoms with E-state index in [-0.39, 0.29) is 5.91 Å². The van der Waals surface area contributed by atoms with Crippen LogP contribution in [0.25, 0.3) is 0 Å². The summed E-state index contributed by atoms with van der Waals surface area (Å²) in [4.78, 5) is 15.0. The Morgan fingerprint density at radius 2 is 1.89 bits per heavy atom. The van der Waals surface area contributed by atoms with Gasteiger partial charge in [-0.25, -0.2) is 0 Å². The Hall–Kier alpha value is -0.570. The molecule has 1 amide bonds. The molecule has 3 rings (SSSR count). The molecule has 1 heterocycles. The zero-order valence-corrected chi connectivity index (χ0v) is 12.8. The highest BCUT2D eigenvalue weighted by Gasteiger charge is 2.55. The van der Waals surface area contributed by atoms with Gasteiger partial charge in [-0.2, -0.15) is 0 Å². The van der Waals surface area contributed by atoms with Gasteiger partial charge < -0.3 is 10.6 Å². The van der Waals surface area contributed by atoms with Crippen molar-refractivity contribution in [3.8, 4) is 0 Å². The summed E-state index contributed by atoms with van der Waals surface area (Å²) in [5.41, 5.74) is 6.39. The Balaban J connectivity index is 1.82. The van der Waals surface area contributed by atoms with Crippen molar-refractivity contribution in [2.24, 2.45) is 22.5 Å². The molecule has 1 aliphatic heterocycles. The van der Waals surface area contributed by atoms with Crippen molar-refractivity contribution in [3.05, 3.63) is 0 Å². The molecule has 3 nitrogen and oxygen atoms in total. The van der Waals surface area contributed by atoms with E-state index in [1.807, 2.05) is 6.92 Å². The molecule has 0 spiro atoms. The molecule has 2 N–H and O–H groups in total. The average Bonchev–Trinajstić information content (AvgIpc) is 3.02. The van der Waals surface area contributed by atoms with Crippen LogP contribution in [-0.4, -0.2) is 28.9 Å². The lowest BCUT2D eigenvalue weighted by molar-refractivity contribution is -0.138. The van der Waals surface area contributed by atoms with E-state index in [0.29, 0.717) is 22.8 Å². The predicted molar refractivity (Wildman–Crippen MR) is 76.6 cm³/mol. The van der Waals surface area contributed by atoms with Crippen LogP contribution < -0.4 is 5.73 Å². The highest BCUT2D eigenvalue weighted by atomic mass is 16.2. The van der Waals surface area contributed by atoms with Crippen molar-refractivity contribution in [2.75, 3.05) is 6.54 Å². The first-order valence-electron chi connectivity index (χ1n) is 7.73. The molecule has 0 radical (unpaired) electrons. The number of nitrogens with two attached hydrogens (primary N) is 1. The molecule has 0 aromatic heterocycles. The number of carbonyl (C=O) groups excluding carboxylic acids is 1. The molecule has 3 fully saturated rings. The van der Waals surface area contributed by atoms with Crippen molar-refractivity contribution in [3.63, 3.8) is 0 Å². The highest BCUT2D eigenvalue weighted by molar-refractivity contribution is 5.87. The summed E-state index contributed by atoms with van der Waals surface area (Å²) in [6.45, 7) is 9.89. The minimum Gasteiger partial charge on any atom is -0.338 e. The summed E-state index contributed by atoms with van der Waals surface area (Å²) in [5, 5.41) is 0. The molecule has 2 aliphatic carbocycles. The molecule has 2 saturated carbocycles. The number of rotatable bonds is 2. The van der Waals surface area contributed by atoms with E-state index in [9.17, 15) is 4.79 Å². The molecule has 108 valence electrons. The van der Waals surface area contributed by atoms with Gasteiger partial charge >= 0.3 is 0 Å². The van der Waals surface area contributed by atoms with E-state index in [0.717, 1.165) is 25.8 Å². The summed E-state index contributed by atoms with van der Waals surface area (Å²) in [5.74, 6) is 0.627. The van der Waals surface area contributed by atoms with E-state index in [2.05, 4.69) is 25.7 Å². The van der Waals surface area contributed by atoms with Crippen molar-refractivity contribution < 1.29 is 4.79 Å². The van der Waals surface area contributed by atoms with Gasteiger partial charge in [-0.15, -0.1) is 0 Å². The van der Waals surface area contributed by atoms with E-state index < -0.39 is 5.54 Å². The maximum absolute atomic E-state index is 12.8. The molecular formula is C16H28N2O. The standard InChI is InChI=1S/C16H28N2O/c1-14(2)7-12-8-15(3,9-14)10-18(12)13(19)16(4,17)11-5-6-11/h11-12H,5-10,17H2,1-4H3. The first-order valence-corrected chi connectivity index (χ1v) is 7.73. The van der Waals surface area contributed by atoms with Crippen LogP contribution in [0.2, 0.25) is 0 Å². The van der Waals surface area contributed by atoms with Gasteiger partial charge in [-0.05, 0) is 55.8 Å². The van der Waals surface area contributed by atoms with Gasteiger partial charge in [0.1, 0.15) is 0 Å². The Labute approximate surface area is 116 Å². The summed E-state index contributed by atoms with van der Waals surface area (Å²) in [6, 6.07) is 0.419. The Kier molecular flexibility index (Phi) is 2.65. The van der Waals surface area contributed by atoms with Gasteiger partial charge in [-0.3, -0.25) is 4.79 Å². The molecule has 1 saturated heterocycles. The topological polar surface area (TPSA) is 46.3 Å². The smallest absolute Gasteiger partial charge is 0.242 e. The molecular weight excluding hydrogens is 236 g/mol. The van der Waals surface area contributed by atoms with E-state index in [4.69, 9.17) is 5.73 Å². The van der Waals surface area contributed by atoms with Crippen LogP contribution in [0.3, 0.4) is 0 Å². The van der Waals surface area contributed by atoms with E-state index in [1.54, 1.807) is 0 Å². The van der Waals surface area contributed by atoms with Crippen LogP contribution in [0.1, 0.15) is 59.8 Å². The summed E-state index contributed by atoms with van der Waals surface area (Å²) in [6.07, 6.45) is 5.78. The first kappa shape index (κ1) is 13.4. The third-order valence-electron chi connectivity index (χ3n) is 5.56. The molecule has 19 heavy (non-hydrogen) atoms. The minimum atomic E-state index is -0.627. The Morgan fingerprint density at radius 3 is 2.47 bits per heavy atom. The van der Waals surface area contributed by atoms with Crippen LogP contribution >= 0.6 is 0 Å². The SMILES string of the molecule is CC1(C)CC2CC(C)(CN2C(=O)C(C)(N)C2CC2)C1. The Morgan fingerprint density at radius 1 is 1.26 bits per heavy atom. The number of nitrogens with zero attached hydrogens (tertiary/aromatic N) is 1. The second kappa shape index (κ2) is 3.75. The average molecular weight is 264 g/mol. The first-order chi connectivity index (χ1) is 8.63. The molecule has 3 unspecified atom stereocenters. The van der Waals surface area contributed by atoms with Gasteiger partial charge in [0.2, 0.25) is 5.91 Å². The largest absolute Gasteiger partial charge is 0.338 e. The normalized spacial score (nSPS) is 40.1. The van der Waals surface area contributed by atoms with Gasteiger partial charge in [-0.1, -0.05) is 20.8 Å². The van der Waals surface area contributed by atoms with Crippen molar-refractivity contribution in [1.29, 1.82) is 0 Å². The summed E-state index contributed by atoms with van der Waals surface area (Å²) in [7, 11) is 0. The fourth-order valence-electron chi connectivity index (χ4n) is 4.86. The lowest BCUT2D eigenvalue weighted by Crippen LogP contribution is -2.56. The number of amides is 1. The van der Waals surface area contributed by atoms with Crippen LogP contribution in [0.15, 0.2) is 0 Å². The second-order valence-electron chi connectivity index (χ2n) is 8.70. The van der Waals surface area contributed by atoms with Crippen LogP contribution in [0.4, 0.5) is 0 Å². The summed E-state index contributed by atoms with van der Waals surface area (Å²) >= 11 is 0. The number of hydrogen-bond acceptors (Lipinski definition) is 2.